The van der Waals surface area contributed by atoms with Crippen LogP contribution in [0.25, 0.3) is 0 Å². The van der Waals surface area contributed by atoms with Crippen LogP contribution in [0.4, 0.5) is 0 Å². The Morgan fingerprint density at radius 1 is 0.702 bits per heavy atom. The molecule has 0 aromatic rings. The summed E-state index contributed by atoms with van der Waals surface area (Å²) in [5.74, 6) is -0.179. The molecule has 0 radical (unpaired) electrons. The number of nitrogens with one attached hydrogen (secondary N) is 1. The van der Waals surface area contributed by atoms with Crippen molar-refractivity contribution in [1.29, 1.82) is 0 Å². The largest absolute Gasteiger partial charge is 0.394 e. The lowest BCUT2D eigenvalue weighted by Crippen LogP contribution is -2.60. The Hall–Kier alpha value is -1.07. The molecule has 1 rings (SSSR count). The van der Waals surface area contributed by atoms with Crippen molar-refractivity contribution in [3.05, 3.63) is 12.2 Å². The summed E-state index contributed by atoms with van der Waals surface area (Å²) in [7, 11) is 0. The molecule has 1 heterocycles. The van der Waals surface area contributed by atoms with Crippen LogP contribution >= 0.6 is 0 Å². The fourth-order valence-corrected chi connectivity index (χ4v) is 6.15. The smallest absolute Gasteiger partial charge is 0.220 e. The highest BCUT2D eigenvalue weighted by Crippen LogP contribution is 2.22. The molecular formula is C38H73NO8. The fraction of sp³-hybridized carbons (Fsp3) is 0.921. The van der Waals surface area contributed by atoms with Crippen LogP contribution in [0.2, 0.25) is 0 Å². The van der Waals surface area contributed by atoms with Crippen LogP contribution < -0.4 is 5.32 Å². The number of carbonyl (C=O) groups excluding carboxylic acids is 1. The monoisotopic (exact) mass is 672 g/mol. The van der Waals surface area contributed by atoms with Gasteiger partial charge in [0, 0.05) is 6.42 Å². The maximum absolute atomic E-state index is 12.8. The molecule has 0 bridgehead atoms. The molecule has 9 nitrogen and oxygen atoms in total. The fourth-order valence-electron chi connectivity index (χ4n) is 6.15. The normalized spacial score (nSPS) is 22.9. The van der Waals surface area contributed by atoms with Gasteiger partial charge in [-0.05, 0) is 19.3 Å². The first kappa shape index (κ1) is 44.0. The van der Waals surface area contributed by atoms with Gasteiger partial charge in [0.1, 0.15) is 24.4 Å². The van der Waals surface area contributed by atoms with Crippen LogP contribution in [-0.4, -0.2) is 87.5 Å². The van der Waals surface area contributed by atoms with Gasteiger partial charge >= 0.3 is 0 Å². The number of hydrogen-bond donors (Lipinski definition) is 6. The Balaban J connectivity index is 2.43. The maximum Gasteiger partial charge on any atom is 0.220 e. The summed E-state index contributed by atoms with van der Waals surface area (Å²) >= 11 is 0. The van der Waals surface area contributed by atoms with Crippen molar-refractivity contribution in [3.8, 4) is 0 Å². The van der Waals surface area contributed by atoms with E-state index >= 15 is 0 Å². The van der Waals surface area contributed by atoms with E-state index in [1.807, 2.05) is 6.08 Å². The molecular weight excluding hydrogens is 598 g/mol. The lowest BCUT2D eigenvalue weighted by atomic mass is 9.99. The van der Waals surface area contributed by atoms with Crippen LogP contribution in [0.3, 0.4) is 0 Å². The van der Waals surface area contributed by atoms with Crippen molar-refractivity contribution in [2.75, 3.05) is 13.2 Å². The maximum atomic E-state index is 12.8. The minimum Gasteiger partial charge on any atom is -0.394 e. The Morgan fingerprint density at radius 3 is 1.66 bits per heavy atom. The average molecular weight is 672 g/mol. The van der Waals surface area contributed by atoms with E-state index in [2.05, 4.69) is 19.2 Å². The number of aliphatic hydroxyl groups excluding tert-OH is 5. The van der Waals surface area contributed by atoms with Gasteiger partial charge in [-0.2, -0.15) is 0 Å². The molecule has 1 aliphatic rings. The number of unbranched alkanes of at least 4 members (excludes halogenated alkanes) is 21. The van der Waals surface area contributed by atoms with Gasteiger partial charge in [-0.25, -0.2) is 0 Å². The molecule has 9 heteroatoms. The molecule has 0 aromatic heterocycles. The Kier molecular flexibility index (Phi) is 27.9. The Bertz CT molecular complexity index is 751. The molecule has 47 heavy (non-hydrogen) atoms. The highest BCUT2D eigenvalue weighted by Gasteiger charge is 2.44. The molecule has 0 saturated carbocycles. The van der Waals surface area contributed by atoms with Crippen LogP contribution in [-0.2, 0) is 14.3 Å². The summed E-state index contributed by atoms with van der Waals surface area (Å²) in [5, 5.41) is 53.8. The van der Waals surface area contributed by atoms with E-state index in [1.54, 1.807) is 6.08 Å². The second-order valence-corrected chi connectivity index (χ2v) is 13.7. The minimum absolute atomic E-state index is 0.179. The van der Waals surface area contributed by atoms with Gasteiger partial charge in [-0.1, -0.05) is 154 Å². The molecule has 0 aliphatic carbocycles. The van der Waals surface area contributed by atoms with E-state index in [0.29, 0.717) is 6.42 Å². The van der Waals surface area contributed by atoms with Gasteiger partial charge in [0.25, 0.3) is 0 Å². The predicted octanol–water partition coefficient (Wildman–Crippen LogP) is 6.61. The molecule has 1 saturated heterocycles. The first-order chi connectivity index (χ1) is 22.8. The minimum atomic E-state index is -1.56. The van der Waals surface area contributed by atoms with Gasteiger partial charge in [-0.15, -0.1) is 0 Å². The first-order valence-electron chi connectivity index (χ1n) is 19.4. The van der Waals surface area contributed by atoms with Crippen molar-refractivity contribution in [2.24, 2.45) is 0 Å². The zero-order chi connectivity index (χ0) is 34.5. The molecule has 1 fully saturated rings. The summed E-state index contributed by atoms with van der Waals surface area (Å²) in [5.41, 5.74) is 0. The van der Waals surface area contributed by atoms with Crippen molar-refractivity contribution in [3.63, 3.8) is 0 Å². The molecule has 6 N–H and O–H groups in total. The van der Waals surface area contributed by atoms with Gasteiger partial charge < -0.3 is 40.3 Å². The van der Waals surface area contributed by atoms with Crippen molar-refractivity contribution in [2.45, 2.75) is 211 Å². The zero-order valence-corrected chi connectivity index (χ0v) is 30.0. The number of hydrogen-bond acceptors (Lipinski definition) is 8. The van der Waals surface area contributed by atoms with Gasteiger partial charge in [0.15, 0.2) is 6.29 Å². The third-order valence-corrected chi connectivity index (χ3v) is 9.36. The first-order valence-corrected chi connectivity index (χ1v) is 19.4. The Morgan fingerprint density at radius 2 is 1.17 bits per heavy atom. The lowest BCUT2D eigenvalue weighted by molar-refractivity contribution is -0.302. The van der Waals surface area contributed by atoms with E-state index in [-0.39, 0.29) is 12.5 Å². The summed E-state index contributed by atoms with van der Waals surface area (Å²) in [6.45, 7) is 3.73. The average Bonchev–Trinajstić information content (AvgIpc) is 3.07. The van der Waals surface area contributed by atoms with Crippen LogP contribution in [0.5, 0.6) is 0 Å². The standard InChI is InChI=1S/C38H73NO8/c1-3-5-7-9-11-13-15-16-17-18-20-22-24-26-28-34(42)39-31(30-46-38-37(45)36(44)35(43)33(29-40)47-38)32(41)27-25-23-21-19-14-12-10-8-6-4-2/h25,27,31-33,35-38,40-41,43-45H,3-24,26,28-30H2,1-2H3,(H,39,42)/b27-25+. The number of aliphatic hydroxyl groups is 5. The van der Waals surface area contributed by atoms with Crippen LogP contribution in [0.15, 0.2) is 12.2 Å². The summed E-state index contributed by atoms with van der Waals surface area (Å²) in [6, 6.07) is -0.795. The van der Waals surface area contributed by atoms with Gasteiger partial charge in [-0.3, -0.25) is 4.79 Å². The SMILES string of the molecule is CCCCCCCCCC/C=C/C(O)C(COC1OC(CO)C(O)C(O)C1O)NC(=O)CCCCCCCCCCCCCCCC. The number of carbonyl (C=O) groups is 1. The molecule has 7 atom stereocenters. The van der Waals surface area contributed by atoms with E-state index in [1.165, 1.54) is 109 Å². The molecule has 7 unspecified atom stereocenters. The van der Waals surface area contributed by atoms with E-state index in [9.17, 15) is 30.3 Å². The molecule has 278 valence electrons. The van der Waals surface area contributed by atoms with Crippen LogP contribution in [0, 0.1) is 0 Å². The van der Waals surface area contributed by atoms with Gasteiger partial charge in [0.2, 0.25) is 5.91 Å². The highest BCUT2D eigenvalue weighted by molar-refractivity contribution is 5.76. The summed E-state index contributed by atoms with van der Waals surface area (Å²) < 4.78 is 11.1. The second kappa shape index (κ2) is 29.8. The molecule has 1 aliphatic heterocycles. The summed E-state index contributed by atoms with van der Waals surface area (Å²) in [6.07, 6.45) is 24.0. The zero-order valence-electron chi connectivity index (χ0n) is 30.0. The van der Waals surface area contributed by atoms with Crippen LogP contribution in [0.1, 0.15) is 168 Å². The third kappa shape index (κ3) is 21.6. The molecule has 1 amide bonds. The van der Waals surface area contributed by atoms with Crippen molar-refractivity contribution < 1.29 is 39.8 Å². The van der Waals surface area contributed by atoms with E-state index in [4.69, 9.17) is 9.47 Å². The summed E-state index contributed by atoms with van der Waals surface area (Å²) in [4.78, 5) is 12.8. The van der Waals surface area contributed by atoms with Crippen molar-refractivity contribution in [1.82, 2.24) is 5.32 Å². The second-order valence-electron chi connectivity index (χ2n) is 13.7. The Labute approximate surface area is 286 Å². The quantitative estimate of drug-likeness (QED) is 0.0357. The third-order valence-electron chi connectivity index (χ3n) is 9.36. The predicted molar refractivity (Wildman–Crippen MR) is 189 cm³/mol. The number of ether oxygens (including phenoxy) is 2. The number of rotatable bonds is 31. The lowest BCUT2D eigenvalue weighted by Gasteiger charge is -2.40. The van der Waals surface area contributed by atoms with E-state index < -0.39 is 49.5 Å². The molecule has 0 spiro atoms. The number of allylic oxidation sites excluding steroid dienone is 1. The topological polar surface area (TPSA) is 149 Å². The van der Waals surface area contributed by atoms with Crippen molar-refractivity contribution >= 4 is 5.91 Å². The number of amides is 1. The highest BCUT2D eigenvalue weighted by atomic mass is 16.7. The van der Waals surface area contributed by atoms with E-state index in [0.717, 1.165) is 38.5 Å². The molecule has 0 aromatic carbocycles. The van der Waals surface area contributed by atoms with Gasteiger partial charge in [0.05, 0.1) is 25.4 Å².